The van der Waals surface area contributed by atoms with E-state index < -0.39 is 0 Å². The number of fused-ring (bicyclic) bond motifs is 2. The standard InChI is InChI=1S/C30H38N4O5/c1-20(2)14-26(35)17-29-31-34(30(36)33(29)22-6-5-7-27(15-22)37-3)23-9-8-21(28(16-23)38-4)12-13-32-24-10-11-25(32)19-39-18-24/h5-9,15-16,20,24-25H,10-14,17-19H2,1-4H3. The molecule has 9 heteroatoms. The molecule has 0 aliphatic carbocycles. The Hall–Kier alpha value is -3.43. The molecular weight excluding hydrogens is 496 g/mol. The van der Waals surface area contributed by atoms with Crippen molar-refractivity contribution in [1.29, 1.82) is 0 Å². The van der Waals surface area contributed by atoms with Gasteiger partial charge in [-0.2, -0.15) is 4.68 Å². The molecule has 2 aromatic carbocycles. The summed E-state index contributed by atoms with van der Waals surface area (Å²) < 4.78 is 19.7. The number of aromatic nitrogens is 3. The second kappa shape index (κ2) is 11.8. The minimum atomic E-state index is -0.352. The first-order chi connectivity index (χ1) is 18.9. The number of ether oxygens (including phenoxy) is 3. The van der Waals surface area contributed by atoms with Crippen LogP contribution in [0.4, 0.5) is 0 Å². The van der Waals surface area contributed by atoms with Crippen LogP contribution in [0.1, 0.15) is 44.5 Å². The first kappa shape index (κ1) is 27.1. The SMILES string of the molecule is COc1cccc(-n2c(CC(=O)CC(C)C)nn(-c3ccc(CCN4C5CCC4COC5)c(OC)c3)c2=O)c1. The van der Waals surface area contributed by atoms with Crippen molar-refractivity contribution < 1.29 is 19.0 Å². The lowest BCUT2D eigenvalue weighted by Crippen LogP contribution is -2.46. The van der Waals surface area contributed by atoms with Crippen LogP contribution in [0, 0.1) is 5.92 Å². The van der Waals surface area contributed by atoms with Gasteiger partial charge in [-0.25, -0.2) is 9.36 Å². The number of hydrogen-bond donors (Lipinski definition) is 0. The van der Waals surface area contributed by atoms with E-state index in [-0.39, 0.29) is 23.8 Å². The Morgan fingerprint density at radius 3 is 2.51 bits per heavy atom. The second-order valence-corrected chi connectivity index (χ2v) is 10.9. The van der Waals surface area contributed by atoms with Crippen LogP contribution in [0.25, 0.3) is 11.4 Å². The fraction of sp³-hybridized carbons (Fsp3) is 0.500. The van der Waals surface area contributed by atoms with Crippen molar-refractivity contribution >= 4 is 5.78 Å². The summed E-state index contributed by atoms with van der Waals surface area (Å²) in [5, 5.41) is 4.64. The lowest BCUT2D eigenvalue weighted by molar-refractivity contribution is -0.119. The maximum Gasteiger partial charge on any atom is 0.355 e. The summed E-state index contributed by atoms with van der Waals surface area (Å²) in [7, 11) is 3.23. The summed E-state index contributed by atoms with van der Waals surface area (Å²) in [6.45, 7) is 6.58. The minimum absolute atomic E-state index is 0.0382. The average molecular weight is 535 g/mol. The van der Waals surface area contributed by atoms with Gasteiger partial charge in [-0.3, -0.25) is 9.69 Å². The number of ketones is 1. The molecule has 2 unspecified atom stereocenters. The van der Waals surface area contributed by atoms with Gasteiger partial charge in [0.1, 0.15) is 23.1 Å². The van der Waals surface area contributed by atoms with Gasteiger partial charge in [-0.1, -0.05) is 26.0 Å². The van der Waals surface area contributed by atoms with E-state index in [0.29, 0.717) is 47.2 Å². The normalized spacial score (nSPS) is 19.0. The molecule has 208 valence electrons. The van der Waals surface area contributed by atoms with Gasteiger partial charge in [0.05, 0.1) is 45.2 Å². The van der Waals surface area contributed by atoms with Crippen LogP contribution in [0.15, 0.2) is 47.3 Å². The van der Waals surface area contributed by atoms with E-state index in [1.54, 1.807) is 20.3 Å². The fourth-order valence-corrected chi connectivity index (χ4v) is 5.80. The molecule has 39 heavy (non-hydrogen) atoms. The zero-order chi connectivity index (χ0) is 27.5. The van der Waals surface area contributed by atoms with Crippen LogP contribution in [-0.4, -0.2) is 71.1 Å². The summed E-state index contributed by atoms with van der Waals surface area (Å²) in [4.78, 5) is 29.1. The Morgan fingerprint density at radius 1 is 1.05 bits per heavy atom. The number of benzene rings is 2. The van der Waals surface area contributed by atoms with Crippen molar-refractivity contribution in [3.63, 3.8) is 0 Å². The van der Waals surface area contributed by atoms with E-state index in [2.05, 4.69) is 10.00 Å². The van der Waals surface area contributed by atoms with E-state index in [4.69, 9.17) is 14.2 Å². The average Bonchev–Trinajstić information content (AvgIpc) is 3.35. The van der Waals surface area contributed by atoms with E-state index >= 15 is 0 Å². The Morgan fingerprint density at radius 2 is 1.82 bits per heavy atom. The summed E-state index contributed by atoms with van der Waals surface area (Å²) >= 11 is 0. The molecule has 0 N–H and O–H groups in total. The van der Waals surface area contributed by atoms with Gasteiger partial charge >= 0.3 is 5.69 Å². The monoisotopic (exact) mass is 534 g/mol. The highest BCUT2D eigenvalue weighted by molar-refractivity contribution is 5.80. The van der Waals surface area contributed by atoms with Crippen molar-refractivity contribution in [2.75, 3.05) is 34.0 Å². The van der Waals surface area contributed by atoms with E-state index in [0.717, 1.165) is 31.7 Å². The molecule has 2 aliphatic rings. The van der Waals surface area contributed by atoms with Crippen molar-refractivity contribution in [2.45, 2.75) is 58.0 Å². The third-order valence-corrected chi connectivity index (χ3v) is 7.69. The number of rotatable bonds is 11. The number of carbonyl (C=O) groups excluding carboxylic acids is 1. The number of carbonyl (C=O) groups is 1. The lowest BCUT2D eigenvalue weighted by Gasteiger charge is -2.34. The largest absolute Gasteiger partial charge is 0.497 e. The van der Waals surface area contributed by atoms with Crippen LogP contribution < -0.4 is 15.2 Å². The van der Waals surface area contributed by atoms with Crippen LogP contribution >= 0.6 is 0 Å². The zero-order valence-electron chi connectivity index (χ0n) is 23.3. The first-order valence-electron chi connectivity index (χ1n) is 13.8. The summed E-state index contributed by atoms with van der Waals surface area (Å²) in [5.74, 6) is 1.99. The highest BCUT2D eigenvalue weighted by atomic mass is 16.5. The Kier molecular flexibility index (Phi) is 8.18. The lowest BCUT2D eigenvalue weighted by atomic mass is 10.1. The van der Waals surface area contributed by atoms with Crippen LogP contribution in [-0.2, 0) is 22.4 Å². The van der Waals surface area contributed by atoms with Crippen LogP contribution in [0.5, 0.6) is 11.5 Å². The van der Waals surface area contributed by atoms with Crippen LogP contribution in [0.3, 0.4) is 0 Å². The quantitative estimate of drug-likeness (QED) is 0.371. The van der Waals surface area contributed by atoms with Crippen molar-refractivity contribution in [1.82, 2.24) is 19.2 Å². The molecule has 2 aliphatic heterocycles. The van der Waals surface area contributed by atoms with Crippen molar-refractivity contribution in [2.24, 2.45) is 5.92 Å². The maximum atomic E-state index is 13.7. The molecule has 0 spiro atoms. The van der Waals surface area contributed by atoms with Gasteiger partial charge < -0.3 is 14.2 Å². The first-order valence-corrected chi connectivity index (χ1v) is 13.8. The minimum Gasteiger partial charge on any atom is -0.497 e. The fourth-order valence-electron chi connectivity index (χ4n) is 5.80. The highest BCUT2D eigenvalue weighted by Gasteiger charge is 2.36. The highest BCUT2D eigenvalue weighted by Crippen LogP contribution is 2.30. The van der Waals surface area contributed by atoms with Gasteiger partial charge in [-0.05, 0) is 48.9 Å². The molecule has 3 aromatic rings. The predicted octanol–water partition coefficient (Wildman–Crippen LogP) is 3.60. The van der Waals surface area contributed by atoms with Crippen LogP contribution in [0.2, 0.25) is 0 Å². The predicted molar refractivity (Wildman–Crippen MR) is 148 cm³/mol. The number of morpholine rings is 1. The maximum absolute atomic E-state index is 13.7. The number of nitrogens with zero attached hydrogens (tertiary/aromatic N) is 4. The summed E-state index contributed by atoms with van der Waals surface area (Å²) in [5.41, 5.74) is 1.92. The smallest absolute Gasteiger partial charge is 0.355 e. The van der Waals surface area contributed by atoms with Gasteiger partial charge in [0, 0.05) is 37.2 Å². The second-order valence-electron chi connectivity index (χ2n) is 10.9. The molecule has 3 heterocycles. The third kappa shape index (κ3) is 5.79. The van der Waals surface area contributed by atoms with Crippen molar-refractivity contribution in [3.05, 3.63) is 64.3 Å². The topological polar surface area (TPSA) is 87.8 Å². The Labute approximate surface area is 229 Å². The zero-order valence-corrected chi connectivity index (χ0v) is 23.3. The van der Waals surface area contributed by atoms with Gasteiger partial charge in [-0.15, -0.1) is 5.10 Å². The van der Waals surface area contributed by atoms with Crippen molar-refractivity contribution in [3.8, 4) is 22.9 Å². The molecule has 0 radical (unpaired) electrons. The Bertz CT molecular complexity index is 1360. The molecule has 9 nitrogen and oxygen atoms in total. The molecule has 0 saturated carbocycles. The number of Topliss-reactive ketones (excluding diaryl/α,β-unsaturated/α-hetero) is 1. The van der Waals surface area contributed by atoms with Gasteiger partial charge in [0.15, 0.2) is 0 Å². The number of methoxy groups -OCH3 is 2. The van der Waals surface area contributed by atoms with E-state index in [9.17, 15) is 9.59 Å². The molecule has 0 amide bonds. The molecule has 2 atom stereocenters. The van der Waals surface area contributed by atoms with Gasteiger partial charge in [0.2, 0.25) is 0 Å². The van der Waals surface area contributed by atoms with E-state index in [1.165, 1.54) is 22.1 Å². The number of hydrogen-bond acceptors (Lipinski definition) is 7. The molecule has 2 fully saturated rings. The third-order valence-electron chi connectivity index (χ3n) is 7.69. The molecular formula is C30H38N4O5. The Balaban J connectivity index is 1.46. The molecule has 2 bridgehead atoms. The summed E-state index contributed by atoms with van der Waals surface area (Å²) in [6, 6.07) is 14.0. The molecule has 5 rings (SSSR count). The van der Waals surface area contributed by atoms with Gasteiger partial charge in [0.25, 0.3) is 0 Å². The molecule has 2 saturated heterocycles. The van der Waals surface area contributed by atoms with E-state index in [1.807, 2.05) is 50.2 Å². The summed E-state index contributed by atoms with van der Waals surface area (Å²) in [6.07, 6.45) is 3.73. The molecule has 1 aromatic heterocycles.